The lowest BCUT2D eigenvalue weighted by Crippen LogP contribution is -1.80. The highest BCUT2D eigenvalue weighted by atomic mass is 32.2. The van der Waals surface area contributed by atoms with Crippen LogP contribution in [0.3, 0.4) is 0 Å². The molecule has 2 nitrogen and oxygen atoms in total. The molecule has 2 aromatic rings. The SMILES string of the molecule is CCSCc1ccc(C=Nc2ccc(OC)cc2)s1. The third-order valence-electron chi connectivity index (χ3n) is 2.54. The van der Waals surface area contributed by atoms with E-state index in [9.17, 15) is 0 Å². The zero-order valence-electron chi connectivity index (χ0n) is 11.1. The summed E-state index contributed by atoms with van der Waals surface area (Å²) in [4.78, 5) is 7.07. The van der Waals surface area contributed by atoms with E-state index in [1.165, 1.54) is 9.75 Å². The highest BCUT2D eigenvalue weighted by Gasteiger charge is 1.98. The molecule has 1 heterocycles. The quantitative estimate of drug-likeness (QED) is 0.716. The third kappa shape index (κ3) is 4.40. The van der Waals surface area contributed by atoms with Crippen LogP contribution in [0.25, 0.3) is 0 Å². The molecule has 100 valence electrons. The van der Waals surface area contributed by atoms with Crippen LogP contribution in [0.1, 0.15) is 16.7 Å². The minimum absolute atomic E-state index is 0.856. The van der Waals surface area contributed by atoms with Crippen molar-refractivity contribution in [1.29, 1.82) is 0 Å². The van der Waals surface area contributed by atoms with E-state index in [2.05, 4.69) is 24.0 Å². The van der Waals surface area contributed by atoms with E-state index in [0.717, 1.165) is 22.9 Å². The first-order valence-electron chi connectivity index (χ1n) is 6.16. The van der Waals surface area contributed by atoms with E-state index in [1.807, 2.05) is 42.2 Å². The minimum atomic E-state index is 0.856. The van der Waals surface area contributed by atoms with Crippen molar-refractivity contribution in [2.45, 2.75) is 12.7 Å². The van der Waals surface area contributed by atoms with Gasteiger partial charge in [-0.05, 0) is 42.2 Å². The van der Waals surface area contributed by atoms with Crippen molar-refractivity contribution < 1.29 is 4.74 Å². The number of aliphatic imine (C=N–C) groups is 1. The fraction of sp³-hybridized carbons (Fsp3) is 0.267. The molecule has 0 N–H and O–H groups in total. The van der Waals surface area contributed by atoms with Crippen LogP contribution in [-0.4, -0.2) is 19.1 Å². The zero-order valence-corrected chi connectivity index (χ0v) is 12.8. The standard InChI is InChI=1S/C15H17NOS2/c1-3-18-11-15-9-8-14(19-15)10-16-12-4-6-13(17-2)7-5-12/h4-10H,3,11H2,1-2H3. The maximum absolute atomic E-state index is 5.12. The van der Waals surface area contributed by atoms with E-state index in [4.69, 9.17) is 4.74 Å². The second-order valence-electron chi connectivity index (χ2n) is 3.90. The number of thiophene rings is 1. The normalized spacial score (nSPS) is 11.1. The van der Waals surface area contributed by atoms with Gasteiger partial charge in [0.2, 0.25) is 0 Å². The fourth-order valence-electron chi connectivity index (χ4n) is 1.55. The van der Waals surface area contributed by atoms with Gasteiger partial charge in [-0.2, -0.15) is 11.8 Å². The van der Waals surface area contributed by atoms with Gasteiger partial charge in [-0.15, -0.1) is 11.3 Å². The molecule has 0 amide bonds. The van der Waals surface area contributed by atoms with Crippen molar-refractivity contribution in [2.24, 2.45) is 4.99 Å². The summed E-state index contributed by atoms with van der Waals surface area (Å²) < 4.78 is 5.12. The molecule has 0 aliphatic carbocycles. The van der Waals surface area contributed by atoms with Crippen molar-refractivity contribution in [1.82, 2.24) is 0 Å². The topological polar surface area (TPSA) is 21.6 Å². The molecule has 0 unspecified atom stereocenters. The molecule has 1 aromatic carbocycles. The van der Waals surface area contributed by atoms with E-state index in [0.29, 0.717) is 0 Å². The number of nitrogens with zero attached hydrogens (tertiary/aromatic N) is 1. The maximum atomic E-state index is 5.12. The van der Waals surface area contributed by atoms with Gasteiger partial charge < -0.3 is 4.74 Å². The first-order chi connectivity index (χ1) is 9.31. The third-order valence-corrected chi connectivity index (χ3v) is 4.67. The summed E-state index contributed by atoms with van der Waals surface area (Å²) >= 11 is 3.75. The van der Waals surface area contributed by atoms with Gasteiger partial charge in [0.15, 0.2) is 0 Å². The molecule has 0 aliphatic rings. The Morgan fingerprint density at radius 1 is 1.21 bits per heavy atom. The Balaban J connectivity index is 1.98. The second kappa shape index (κ2) is 7.36. The molecule has 0 aliphatic heterocycles. The van der Waals surface area contributed by atoms with Gasteiger partial charge in [0.25, 0.3) is 0 Å². The van der Waals surface area contributed by atoms with Crippen LogP contribution in [0.15, 0.2) is 41.4 Å². The average molecular weight is 291 g/mol. The Kier molecular flexibility index (Phi) is 5.48. The molecule has 0 bridgehead atoms. The minimum Gasteiger partial charge on any atom is -0.497 e. The lowest BCUT2D eigenvalue weighted by molar-refractivity contribution is 0.415. The number of rotatable bonds is 6. The summed E-state index contributed by atoms with van der Waals surface area (Å²) in [6.07, 6.45) is 1.92. The molecular weight excluding hydrogens is 274 g/mol. The van der Waals surface area contributed by atoms with Crippen molar-refractivity contribution >= 4 is 35.0 Å². The Morgan fingerprint density at radius 2 is 2.00 bits per heavy atom. The first-order valence-corrected chi connectivity index (χ1v) is 8.13. The predicted molar refractivity (Wildman–Crippen MR) is 86.4 cm³/mol. The summed E-state index contributed by atoms with van der Waals surface area (Å²) in [7, 11) is 1.67. The summed E-state index contributed by atoms with van der Waals surface area (Å²) in [6, 6.07) is 12.1. The van der Waals surface area contributed by atoms with Crippen LogP contribution in [0, 0.1) is 0 Å². The molecule has 4 heteroatoms. The van der Waals surface area contributed by atoms with Crippen molar-refractivity contribution in [3.05, 3.63) is 46.2 Å². The monoisotopic (exact) mass is 291 g/mol. The fourth-order valence-corrected chi connectivity index (χ4v) is 3.22. The lowest BCUT2D eigenvalue weighted by Gasteiger charge is -1.98. The Morgan fingerprint density at radius 3 is 2.68 bits per heavy atom. The molecule has 1 aromatic heterocycles. The zero-order chi connectivity index (χ0) is 13.5. The summed E-state index contributed by atoms with van der Waals surface area (Å²) in [5.41, 5.74) is 0.943. The first kappa shape index (κ1) is 14.2. The molecule has 0 fully saturated rings. The van der Waals surface area contributed by atoms with Crippen LogP contribution in [0.4, 0.5) is 5.69 Å². The molecule has 2 rings (SSSR count). The van der Waals surface area contributed by atoms with Crippen molar-refractivity contribution in [2.75, 3.05) is 12.9 Å². The number of ether oxygens (including phenoxy) is 1. The van der Waals surface area contributed by atoms with Gasteiger partial charge in [0.05, 0.1) is 12.8 Å². The highest BCUT2D eigenvalue weighted by molar-refractivity contribution is 7.98. The van der Waals surface area contributed by atoms with Gasteiger partial charge >= 0.3 is 0 Å². The van der Waals surface area contributed by atoms with Gasteiger partial charge in [-0.1, -0.05) is 6.92 Å². The van der Waals surface area contributed by atoms with Gasteiger partial charge in [0, 0.05) is 21.7 Å². The van der Waals surface area contributed by atoms with E-state index < -0.39 is 0 Å². The second-order valence-corrected chi connectivity index (χ2v) is 6.37. The smallest absolute Gasteiger partial charge is 0.119 e. The molecule has 0 atom stereocenters. The molecule has 0 saturated carbocycles. The van der Waals surface area contributed by atoms with Crippen molar-refractivity contribution in [3.8, 4) is 5.75 Å². The van der Waals surface area contributed by atoms with Crippen LogP contribution in [-0.2, 0) is 5.75 Å². The molecular formula is C15H17NOS2. The summed E-state index contributed by atoms with van der Waals surface area (Å²) in [5, 5.41) is 0. The Bertz CT molecular complexity index is 531. The Labute approximate surface area is 122 Å². The number of benzene rings is 1. The molecule has 0 spiro atoms. The maximum Gasteiger partial charge on any atom is 0.119 e. The van der Waals surface area contributed by atoms with E-state index in [-0.39, 0.29) is 0 Å². The molecule has 0 saturated heterocycles. The number of hydrogen-bond acceptors (Lipinski definition) is 4. The number of methoxy groups -OCH3 is 1. The van der Waals surface area contributed by atoms with Crippen LogP contribution in [0.5, 0.6) is 5.75 Å². The largest absolute Gasteiger partial charge is 0.497 e. The van der Waals surface area contributed by atoms with Gasteiger partial charge in [0.1, 0.15) is 5.75 Å². The van der Waals surface area contributed by atoms with E-state index in [1.54, 1.807) is 18.4 Å². The molecule has 19 heavy (non-hydrogen) atoms. The average Bonchev–Trinajstić information content (AvgIpc) is 2.91. The number of thioether (sulfide) groups is 1. The van der Waals surface area contributed by atoms with E-state index >= 15 is 0 Å². The van der Waals surface area contributed by atoms with Crippen molar-refractivity contribution in [3.63, 3.8) is 0 Å². The van der Waals surface area contributed by atoms with Crippen LogP contribution >= 0.6 is 23.1 Å². The molecule has 0 radical (unpaired) electrons. The lowest BCUT2D eigenvalue weighted by atomic mass is 10.3. The van der Waals surface area contributed by atoms with Crippen LogP contribution in [0.2, 0.25) is 0 Å². The van der Waals surface area contributed by atoms with Gasteiger partial charge in [-0.3, -0.25) is 4.99 Å². The summed E-state index contributed by atoms with van der Waals surface area (Å²) in [6.45, 7) is 2.18. The van der Waals surface area contributed by atoms with Gasteiger partial charge in [-0.25, -0.2) is 0 Å². The number of hydrogen-bond donors (Lipinski definition) is 0. The highest BCUT2D eigenvalue weighted by Crippen LogP contribution is 2.22. The van der Waals surface area contributed by atoms with Crippen LogP contribution < -0.4 is 4.74 Å². The Hall–Kier alpha value is -1.26. The predicted octanol–water partition coefficient (Wildman–Crippen LogP) is 4.76. The summed E-state index contributed by atoms with van der Waals surface area (Å²) in [5.74, 6) is 3.11.